The second-order valence-corrected chi connectivity index (χ2v) is 7.89. The zero-order valence-corrected chi connectivity index (χ0v) is 18.5. The van der Waals surface area contributed by atoms with Gasteiger partial charge in [0.05, 0.1) is 34.5 Å². The number of nitrogens with two attached hydrogens (primary N) is 1. The first-order valence-electron chi connectivity index (χ1n) is 10.7. The highest BCUT2D eigenvalue weighted by atomic mass is 19.1. The molecule has 3 heterocycles. The summed E-state index contributed by atoms with van der Waals surface area (Å²) in [4.78, 5) is 21.8. The molecule has 0 radical (unpaired) electrons. The molecular weight excluding hydrogens is 449 g/mol. The van der Waals surface area contributed by atoms with E-state index < -0.39 is 11.9 Å². The Kier molecular flexibility index (Phi) is 5.54. The van der Waals surface area contributed by atoms with E-state index in [1.165, 1.54) is 30.7 Å². The first-order valence-corrected chi connectivity index (χ1v) is 10.7. The third-order valence-electron chi connectivity index (χ3n) is 5.60. The van der Waals surface area contributed by atoms with Crippen LogP contribution in [0.15, 0.2) is 76.5 Å². The SMILES string of the molecule is CC(Nc1ncnc(N)c1C(=N)c1cn[nH]c1)c1oc2ccccc2c(=O)c1-c1cccc(F)c1. The molecule has 5 aromatic rings. The molecule has 1 atom stereocenters. The van der Waals surface area contributed by atoms with Crippen molar-refractivity contribution in [3.8, 4) is 11.1 Å². The minimum atomic E-state index is -0.615. The summed E-state index contributed by atoms with van der Waals surface area (Å²) in [5.41, 5.74) is 7.68. The molecule has 0 bridgehead atoms. The van der Waals surface area contributed by atoms with Crippen molar-refractivity contribution in [2.24, 2.45) is 0 Å². The van der Waals surface area contributed by atoms with Crippen LogP contribution in [-0.4, -0.2) is 25.9 Å². The van der Waals surface area contributed by atoms with Crippen molar-refractivity contribution in [3.05, 3.63) is 100 Å². The van der Waals surface area contributed by atoms with E-state index in [0.29, 0.717) is 22.1 Å². The summed E-state index contributed by atoms with van der Waals surface area (Å²) in [6.07, 6.45) is 4.33. The quantitative estimate of drug-likeness (QED) is 0.271. The summed E-state index contributed by atoms with van der Waals surface area (Å²) in [6, 6.07) is 12.1. The van der Waals surface area contributed by atoms with Gasteiger partial charge in [0.2, 0.25) is 5.43 Å². The van der Waals surface area contributed by atoms with E-state index in [1.807, 2.05) is 0 Å². The molecule has 0 amide bonds. The van der Waals surface area contributed by atoms with E-state index in [-0.39, 0.29) is 39.7 Å². The molecule has 174 valence electrons. The van der Waals surface area contributed by atoms with E-state index in [0.717, 1.165) is 0 Å². The van der Waals surface area contributed by atoms with E-state index in [9.17, 15) is 9.18 Å². The lowest BCUT2D eigenvalue weighted by atomic mass is 9.98. The molecule has 2 aromatic carbocycles. The van der Waals surface area contributed by atoms with Gasteiger partial charge in [-0.2, -0.15) is 5.10 Å². The van der Waals surface area contributed by atoms with Gasteiger partial charge in [-0.15, -0.1) is 0 Å². The molecule has 5 N–H and O–H groups in total. The third-order valence-corrected chi connectivity index (χ3v) is 5.60. The predicted molar refractivity (Wildman–Crippen MR) is 131 cm³/mol. The van der Waals surface area contributed by atoms with Crippen LogP contribution < -0.4 is 16.5 Å². The number of nitrogen functional groups attached to an aromatic ring is 1. The first kappa shape index (κ1) is 22.0. The second-order valence-electron chi connectivity index (χ2n) is 7.89. The van der Waals surface area contributed by atoms with Crippen molar-refractivity contribution in [2.45, 2.75) is 13.0 Å². The van der Waals surface area contributed by atoms with Crippen molar-refractivity contribution in [2.75, 3.05) is 11.1 Å². The normalized spacial score (nSPS) is 11.9. The maximum atomic E-state index is 14.1. The number of nitrogens with one attached hydrogen (secondary N) is 3. The van der Waals surface area contributed by atoms with Crippen LogP contribution in [0, 0.1) is 11.2 Å². The molecule has 35 heavy (non-hydrogen) atoms. The molecule has 5 rings (SSSR count). The maximum Gasteiger partial charge on any atom is 0.200 e. The number of fused-ring (bicyclic) bond motifs is 1. The summed E-state index contributed by atoms with van der Waals surface area (Å²) < 4.78 is 20.3. The highest BCUT2D eigenvalue weighted by Gasteiger charge is 2.24. The molecule has 0 saturated heterocycles. The monoisotopic (exact) mass is 469 g/mol. The summed E-state index contributed by atoms with van der Waals surface area (Å²) in [5.74, 6) is 0.196. The molecule has 0 fully saturated rings. The molecule has 0 spiro atoms. The summed E-state index contributed by atoms with van der Waals surface area (Å²) in [6.45, 7) is 1.78. The lowest BCUT2D eigenvalue weighted by Crippen LogP contribution is -2.18. The number of anilines is 2. The number of rotatable bonds is 6. The fourth-order valence-corrected chi connectivity index (χ4v) is 3.94. The Bertz CT molecular complexity index is 1610. The Morgan fingerprint density at radius 1 is 1.20 bits per heavy atom. The van der Waals surface area contributed by atoms with Gasteiger partial charge < -0.3 is 15.5 Å². The smallest absolute Gasteiger partial charge is 0.200 e. The lowest BCUT2D eigenvalue weighted by Gasteiger charge is -2.20. The number of hydrogen-bond donors (Lipinski definition) is 4. The average Bonchev–Trinajstić information content (AvgIpc) is 3.39. The number of aromatic amines is 1. The van der Waals surface area contributed by atoms with Crippen molar-refractivity contribution >= 4 is 28.3 Å². The van der Waals surface area contributed by atoms with E-state index >= 15 is 0 Å². The zero-order valence-electron chi connectivity index (χ0n) is 18.5. The molecule has 3 aromatic heterocycles. The van der Waals surface area contributed by atoms with Gasteiger partial charge in [0.1, 0.15) is 35.1 Å². The van der Waals surface area contributed by atoms with Gasteiger partial charge in [0, 0.05) is 11.8 Å². The van der Waals surface area contributed by atoms with Crippen molar-refractivity contribution in [3.63, 3.8) is 0 Å². The third kappa shape index (κ3) is 4.01. The van der Waals surface area contributed by atoms with Crippen LogP contribution in [0.4, 0.5) is 16.0 Å². The summed E-state index contributed by atoms with van der Waals surface area (Å²) in [7, 11) is 0. The van der Waals surface area contributed by atoms with Crippen LogP contribution in [0.5, 0.6) is 0 Å². The Morgan fingerprint density at radius 3 is 2.80 bits per heavy atom. The topological polar surface area (TPSA) is 147 Å². The average molecular weight is 469 g/mol. The second kappa shape index (κ2) is 8.82. The molecule has 9 nitrogen and oxygen atoms in total. The lowest BCUT2D eigenvalue weighted by molar-refractivity contribution is 0.515. The summed E-state index contributed by atoms with van der Waals surface area (Å²) >= 11 is 0. The number of para-hydroxylation sites is 1. The standard InChI is InChI=1S/C25H20FN7O2/c1-13(33-25-20(24(28)29-12-30-25)21(27)15-10-31-32-11-15)23-19(14-5-4-6-16(26)9-14)22(34)17-7-2-3-8-18(17)35-23/h2-13,27H,1H3,(H,31,32)(H3,28,29,30,33). The number of nitrogens with zero attached hydrogens (tertiary/aromatic N) is 3. The minimum Gasteiger partial charge on any atom is -0.458 e. The molecule has 0 saturated carbocycles. The molecule has 1 unspecified atom stereocenters. The summed E-state index contributed by atoms with van der Waals surface area (Å²) in [5, 5.41) is 18.7. The van der Waals surface area contributed by atoms with Crippen molar-refractivity contribution < 1.29 is 8.81 Å². The van der Waals surface area contributed by atoms with Gasteiger partial charge in [-0.3, -0.25) is 15.3 Å². The van der Waals surface area contributed by atoms with E-state index in [1.54, 1.807) is 43.5 Å². The largest absolute Gasteiger partial charge is 0.458 e. The van der Waals surface area contributed by atoms with Crippen molar-refractivity contribution in [1.82, 2.24) is 20.2 Å². The fraction of sp³-hybridized carbons (Fsp3) is 0.0800. The van der Waals surface area contributed by atoms with Gasteiger partial charge in [-0.1, -0.05) is 24.3 Å². The zero-order chi connectivity index (χ0) is 24.5. The molecular formula is C25H20FN7O2. The molecule has 0 aliphatic carbocycles. The minimum absolute atomic E-state index is 0.0665. The van der Waals surface area contributed by atoms with Crippen LogP contribution in [0.25, 0.3) is 22.1 Å². The molecule has 0 aliphatic rings. The Labute approximate surface area is 198 Å². The molecule has 0 aliphatic heterocycles. The number of aromatic nitrogens is 4. The predicted octanol–water partition coefficient (Wildman–Crippen LogP) is 4.28. The van der Waals surface area contributed by atoms with Gasteiger partial charge in [0.25, 0.3) is 0 Å². The van der Waals surface area contributed by atoms with Gasteiger partial charge in [-0.05, 0) is 36.8 Å². The van der Waals surface area contributed by atoms with E-state index in [4.69, 9.17) is 15.6 Å². The number of hydrogen-bond acceptors (Lipinski definition) is 8. The van der Waals surface area contributed by atoms with Crippen LogP contribution in [0.3, 0.4) is 0 Å². The maximum absolute atomic E-state index is 14.1. The van der Waals surface area contributed by atoms with E-state index in [2.05, 4.69) is 25.5 Å². The highest BCUT2D eigenvalue weighted by molar-refractivity contribution is 6.16. The van der Waals surface area contributed by atoms with Gasteiger partial charge in [0.15, 0.2) is 0 Å². The number of benzene rings is 2. The van der Waals surface area contributed by atoms with Crippen LogP contribution in [-0.2, 0) is 0 Å². The van der Waals surface area contributed by atoms with Gasteiger partial charge >= 0.3 is 0 Å². The highest BCUT2D eigenvalue weighted by Crippen LogP contribution is 2.32. The van der Waals surface area contributed by atoms with Crippen LogP contribution >= 0.6 is 0 Å². The first-order chi connectivity index (χ1) is 16.9. The van der Waals surface area contributed by atoms with Crippen molar-refractivity contribution in [1.29, 1.82) is 5.41 Å². The Morgan fingerprint density at radius 2 is 2.03 bits per heavy atom. The molecule has 10 heteroatoms. The van der Waals surface area contributed by atoms with Crippen LogP contribution in [0.2, 0.25) is 0 Å². The van der Waals surface area contributed by atoms with Crippen LogP contribution in [0.1, 0.15) is 29.9 Å². The number of halogens is 1. The fourth-order valence-electron chi connectivity index (χ4n) is 3.94. The Balaban J connectivity index is 1.65. The van der Waals surface area contributed by atoms with Gasteiger partial charge in [-0.25, -0.2) is 14.4 Å². The Hall–Kier alpha value is -4.86. The number of H-pyrrole nitrogens is 1.